The normalized spacial score (nSPS) is 16.9. The Morgan fingerprint density at radius 2 is 2.10 bits per heavy atom. The van der Waals surface area contributed by atoms with Gasteiger partial charge in [0.05, 0.1) is 13.2 Å². The van der Waals surface area contributed by atoms with E-state index in [-0.39, 0.29) is 12.4 Å². The molecule has 5 heteroatoms. The number of aromatic nitrogens is 1. The lowest BCUT2D eigenvalue weighted by Gasteiger charge is -2.32. The van der Waals surface area contributed by atoms with Crippen LogP contribution in [0.25, 0.3) is 11.1 Å². The zero-order valence-corrected chi connectivity index (χ0v) is 12.1. The van der Waals surface area contributed by atoms with E-state index >= 15 is 0 Å². The number of oxazole rings is 1. The number of benzene rings is 1. The highest BCUT2D eigenvalue weighted by atomic mass is 19.1. The Bertz CT molecular complexity index is 593. The van der Waals surface area contributed by atoms with E-state index in [1.165, 1.54) is 31.4 Å². The van der Waals surface area contributed by atoms with Crippen molar-refractivity contribution in [1.29, 1.82) is 0 Å². The molecule has 0 atom stereocenters. The monoisotopic (exact) mass is 292 g/mol. The molecule has 4 nitrogen and oxygen atoms in total. The van der Waals surface area contributed by atoms with Gasteiger partial charge in [-0.1, -0.05) is 19.3 Å². The maximum atomic E-state index is 13.2. The van der Waals surface area contributed by atoms with Gasteiger partial charge in [0.1, 0.15) is 11.3 Å². The summed E-state index contributed by atoms with van der Waals surface area (Å²) < 4.78 is 18.8. The Kier molecular flexibility index (Phi) is 4.51. The van der Waals surface area contributed by atoms with Crippen LogP contribution in [0.5, 0.6) is 0 Å². The third kappa shape index (κ3) is 3.41. The van der Waals surface area contributed by atoms with Gasteiger partial charge in [0, 0.05) is 18.7 Å². The zero-order chi connectivity index (χ0) is 14.7. The SMILES string of the molecule is OCCN(Cc1nc2ccc(F)cc2o1)C1CCCCC1. The van der Waals surface area contributed by atoms with E-state index in [9.17, 15) is 9.50 Å². The van der Waals surface area contributed by atoms with Crippen molar-refractivity contribution in [3.8, 4) is 0 Å². The smallest absolute Gasteiger partial charge is 0.209 e. The first-order valence-corrected chi connectivity index (χ1v) is 7.66. The Morgan fingerprint density at radius 3 is 2.86 bits per heavy atom. The Hall–Kier alpha value is -1.46. The van der Waals surface area contributed by atoms with Gasteiger partial charge in [-0.05, 0) is 25.0 Å². The Balaban J connectivity index is 1.76. The zero-order valence-electron chi connectivity index (χ0n) is 12.1. The van der Waals surface area contributed by atoms with Gasteiger partial charge in [-0.3, -0.25) is 4.90 Å². The molecule has 1 saturated carbocycles. The Labute approximate surface area is 123 Å². The number of rotatable bonds is 5. The van der Waals surface area contributed by atoms with Crippen LogP contribution in [0.2, 0.25) is 0 Å². The fourth-order valence-corrected chi connectivity index (χ4v) is 3.15. The summed E-state index contributed by atoms with van der Waals surface area (Å²) in [5.41, 5.74) is 1.16. The average molecular weight is 292 g/mol. The molecule has 0 saturated heterocycles. The summed E-state index contributed by atoms with van der Waals surface area (Å²) in [6, 6.07) is 4.87. The summed E-state index contributed by atoms with van der Waals surface area (Å²) in [6.45, 7) is 1.32. The molecule has 1 aliphatic rings. The van der Waals surface area contributed by atoms with Gasteiger partial charge in [0.25, 0.3) is 0 Å². The molecule has 1 N–H and O–H groups in total. The third-order valence-corrected chi connectivity index (χ3v) is 4.21. The highest BCUT2D eigenvalue weighted by Gasteiger charge is 2.22. The molecular formula is C16H21FN2O2. The van der Waals surface area contributed by atoms with Crippen molar-refractivity contribution in [3.63, 3.8) is 0 Å². The van der Waals surface area contributed by atoms with Crippen LogP contribution in [0.3, 0.4) is 0 Å². The molecule has 1 aliphatic carbocycles. The van der Waals surface area contributed by atoms with Gasteiger partial charge in [-0.25, -0.2) is 9.37 Å². The molecule has 0 amide bonds. The summed E-state index contributed by atoms with van der Waals surface area (Å²) in [7, 11) is 0. The van der Waals surface area contributed by atoms with E-state index in [1.54, 1.807) is 6.07 Å². The number of aliphatic hydroxyl groups excluding tert-OH is 1. The fourth-order valence-electron chi connectivity index (χ4n) is 3.15. The van der Waals surface area contributed by atoms with E-state index in [0.29, 0.717) is 36.1 Å². The van der Waals surface area contributed by atoms with Crippen LogP contribution in [0.15, 0.2) is 22.6 Å². The van der Waals surface area contributed by atoms with E-state index in [0.717, 1.165) is 12.8 Å². The van der Waals surface area contributed by atoms with Crippen molar-refractivity contribution in [2.45, 2.75) is 44.7 Å². The summed E-state index contributed by atoms with van der Waals surface area (Å²) in [5.74, 6) is 0.277. The van der Waals surface area contributed by atoms with Gasteiger partial charge in [-0.15, -0.1) is 0 Å². The van der Waals surface area contributed by atoms with Crippen molar-refractivity contribution < 1.29 is 13.9 Å². The number of aliphatic hydroxyl groups is 1. The average Bonchev–Trinajstić information content (AvgIpc) is 2.89. The van der Waals surface area contributed by atoms with Crippen LogP contribution in [0.4, 0.5) is 4.39 Å². The summed E-state index contributed by atoms with van der Waals surface area (Å²) in [6.07, 6.45) is 6.10. The quantitative estimate of drug-likeness (QED) is 0.920. The van der Waals surface area contributed by atoms with E-state index in [4.69, 9.17) is 4.42 Å². The molecule has 0 spiro atoms. The van der Waals surface area contributed by atoms with Crippen molar-refractivity contribution in [1.82, 2.24) is 9.88 Å². The number of halogens is 1. The van der Waals surface area contributed by atoms with Crippen LogP contribution in [-0.4, -0.2) is 34.2 Å². The molecule has 0 bridgehead atoms. The predicted molar refractivity (Wildman–Crippen MR) is 78.3 cm³/mol. The largest absolute Gasteiger partial charge is 0.439 e. The van der Waals surface area contributed by atoms with Crippen LogP contribution in [0.1, 0.15) is 38.0 Å². The lowest BCUT2D eigenvalue weighted by molar-refractivity contribution is 0.108. The molecule has 1 fully saturated rings. The molecule has 0 radical (unpaired) electrons. The van der Waals surface area contributed by atoms with Crippen LogP contribution in [-0.2, 0) is 6.54 Å². The van der Waals surface area contributed by atoms with Crippen molar-refractivity contribution >= 4 is 11.1 Å². The lowest BCUT2D eigenvalue weighted by atomic mass is 9.94. The van der Waals surface area contributed by atoms with E-state index in [2.05, 4.69) is 9.88 Å². The topological polar surface area (TPSA) is 49.5 Å². The first-order valence-electron chi connectivity index (χ1n) is 7.66. The molecule has 0 unspecified atom stereocenters. The maximum Gasteiger partial charge on any atom is 0.209 e. The lowest BCUT2D eigenvalue weighted by Crippen LogP contribution is -2.38. The van der Waals surface area contributed by atoms with Gasteiger partial charge in [0.2, 0.25) is 5.89 Å². The standard InChI is InChI=1S/C16H21FN2O2/c17-12-6-7-14-15(10-12)21-16(18-14)11-19(8-9-20)13-4-2-1-3-5-13/h6-7,10,13,20H,1-5,8-9,11H2. The first kappa shape index (κ1) is 14.5. The summed E-state index contributed by atoms with van der Waals surface area (Å²) in [4.78, 5) is 6.65. The second-order valence-electron chi connectivity index (χ2n) is 5.71. The van der Waals surface area contributed by atoms with Crippen molar-refractivity contribution in [2.24, 2.45) is 0 Å². The summed E-state index contributed by atoms with van der Waals surface area (Å²) >= 11 is 0. The minimum atomic E-state index is -0.315. The minimum absolute atomic E-state index is 0.130. The molecule has 1 aromatic carbocycles. The second-order valence-corrected chi connectivity index (χ2v) is 5.71. The van der Waals surface area contributed by atoms with Gasteiger partial charge in [-0.2, -0.15) is 0 Å². The predicted octanol–water partition coefficient (Wildman–Crippen LogP) is 3.09. The van der Waals surface area contributed by atoms with Crippen LogP contribution >= 0.6 is 0 Å². The Morgan fingerprint density at radius 1 is 1.29 bits per heavy atom. The minimum Gasteiger partial charge on any atom is -0.439 e. The molecule has 3 rings (SSSR count). The second kappa shape index (κ2) is 6.54. The fraction of sp³-hybridized carbons (Fsp3) is 0.562. The third-order valence-electron chi connectivity index (χ3n) is 4.21. The molecule has 2 aromatic rings. The summed E-state index contributed by atoms with van der Waals surface area (Å²) in [5, 5.41) is 9.28. The highest BCUT2D eigenvalue weighted by molar-refractivity contribution is 5.72. The molecular weight excluding hydrogens is 271 g/mol. The van der Waals surface area contributed by atoms with Crippen molar-refractivity contribution in [3.05, 3.63) is 29.9 Å². The van der Waals surface area contributed by atoms with Crippen LogP contribution < -0.4 is 0 Å². The first-order chi connectivity index (χ1) is 10.3. The molecule has 1 heterocycles. The van der Waals surface area contributed by atoms with Crippen molar-refractivity contribution in [2.75, 3.05) is 13.2 Å². The number of nitrogens with zero attached hydrogens (tertiary/aromatic N) is 2. The molecule has 114 valence electrons. The highest BCUT2D eigenvalue weighted by Crippen LogP contribution is 2.25. The van der Waals surface area contributed by atoms with E-state index in [1.807, 2.05) is 0 Å². The van der Waals surface area contributed by atoms with Gasteiger partial charge in [0.15, 0.2) is 5.58 Å². The maximum absolute atomic E-state index is 13.2. The molecule has 1 aromatic heterocycles. The van der Waals surface area contributed by atoms with Gasteiger partial charge < -0.3 is 9.52 Å². The number of hydrogen-bond acceptors (Lipinski definition) is 4. The molecule has 0 aliphatic heterocycles. The molecule has 21 heavy (non-hydrogen) atoms. The number of hydrogen-bond donors (Lipinski definition) is 1. The van der Waals surface area contributed by atoms with E-state index < -0.39 is 0 Å². The number of fused-ring (bicyclic) bond motifs is 1. The van der Waals surface area contributed by atoms with Gasteiger partial charge >= 0.3 is 0 Å². The van der Waals surface area contributed by atoms with Crippen LogP contribution in [0, 0.1) is 5.82 Å².